The number of carbonyl (C=O) groups excluding carboxylic acids is 2. The third kappa shape index (κ3) is 7.02. The Kier molecular flexibility index (Phi) is 11.0. The molecule has 1 aromatic heterocycles. The van der Waals surface area contributed by atoms with E-state index in [0.717, 1.165) is 52.0 Å². The first kappa shape index (κ1) is 40.4. The van der Waals surface area contributed by atoms with Gasteiger partial charge in [-0.05, 0) is 93.4 Å². The number of carbonyl (C=O) groups is 2. The van der Waals surface area contributed by atoms with E-state index in [9.17, 15) is 9.90 Å². The first-order chi connectivity index (χ1) is 28.4. The second-order valence-electron chi connectivity index (χ2n) is 17.2. The number of amides is 2. The molecule has 4 aromatic carbocycles. The average Bonchev–Trinajstić information content (AvgIpc) is 3.95. The standard InChI is InChI=1S/C48H55N5O5Si/c1-31(2)11-8-12-32(3)23-27-52-41-22-17-36(53-42-16-10-14-34-13-9-15-39(44(34)42)46(53)55)29-40(41)48(47(52)56)33(4)45(59(6,7)38-20-18-37(57-5)19-21-38)43(58-48)24-26-51-30-35(25-28-54)49-50-51/h9-11,13-23,29-30,33,43,45,54H,8,12,24-28H2,1-7H3/b32-23+/t33-,43+,45-,48+/m0/s1. The first-order valence-corrected chi connectivity index (χ1v) is 23.9. The van der Waals surface area contributed by atoms with E-state index in [1.165, 1.54) is 16.3 Å². The van der Waals surface area contributed by atoms with Crippen LogP contribution in [0.5, 0.6) is 5.75 Å². The van der Waals surface area contributed by atoms with Crippen LogP contribution in [0.2, 0.25) is 18.6 Å². The molecule has 2 amide bonds. The molecule has 1 N–H and O–H groups in total. The molecule has 0 bridgehead atoms. The van der Waals surface area contributed by atoms with E-state index < -0.39 is 13.7 Å². The number of rotatable bonds is 14. The molecule has 0 unspecified atom stereocenters. The van der Waals surface area contributed by atoms with Crippen molar-refractivity contribution in [3.05, 3.63) is 125 Å². The summed E-state index contributed by atoms with van der Waals surface area (Å²) in [7, 11) is -0.739. The van der Waals surface area contributed by atoms with Crippen LogP contribution in [0.1, 0.15) is 68.6 Å². The van der Waals surface area contributed by atoms with Crippen molar-refractivity contribution in [3.63, 3.8) is 0 Å². The van der Waals surface area contributed by atoms with Crippen LogP contribution in [0.25, 0.3) is 10.8 Å². The molecule has 4 atom stereocenters. The summed E-state index contributed by atoms with van der Waals surface area (Å²) in [5.74, 6) is 0.427. The number of methoxy groups -OCH3 is 1. The second kappa shape index (κ2) is 16.0. The van der Waals surface area contributed by atoms with Crippen molar-refractivity contribution in [1.29, 1.82) is 0 Å². The quantitative estimate of drug-likeness (QED) is 0.0884. The molecule has 1 spiro atoms. The third-order valence-electron chi connectivity index (χ3n) is 12.9. The smallest absolute Gasteiger partial charge is 0.264 e. The number of benzene rings is 4. The van der Waals surface area contributed by atoms with Crippen molar-refractivity contribution < 1.29 is 24.2 Å². The fourth-order valence-corrected chi connectivity index (χ4v) is 14.0. The Morgan fingerprint density at radius 1 is 0.983 bits per heavy atom. The Bertz CT molecular complexity index is 2460. The van der Waals surface area contributed by atoms with Crippen LogP contribution in [0, 0.1) is 5.92 Å². The predicted molar refractivity (Wildman–Crippen MR) is 237 cm³/mol. The molecule has 0 aliphatic carbocycles. The van der Waals surface area contributed by atoms with Crippen molar-refractivity contribution in [3.8, 4) is 5.75 Å². The molecule has 306 valence electrons. The second-order valence-corrected chi connectivity index (χ2v) is 21.9. The molecular formula is C48H55N5O5Si. The zero-order valence-electron chi connectivity index (χ0n) is 35.2. The van der Waals surface area contributed by atoms with E-state index >= 15 is 4.79 Å². The van der Waals surface area contributed by atoms with E-state index in [0.29, 0.717) is 37.2 Å². The lowest BCUT2D eigenvalue weighted by Gasteiger charge is -2.37. The fraction of sp³-hybridized carbons (Fsp3) is 0.375. The molecule has 8 rings (SSSR count). The van der Waals surface area contributed by atoms with Gasteiger partial charge in [0.2, 0.25) is 0 Å². The van der Waals surface area contributed by atoms with Crippen molar-refractivity contribution in [2.24, 2.45) is 5.92 Å². The molecule has 0 saturated carbocycles. The van der Waals surface area contributed by atoms with Crippen LogP contribution in [-0.4, -0.2) is 66.4 Å². The minimum atomic E-state index is -2.42. The first-order valence-electron chi connectivity index (χ1n) is 20.8. The highest BCUT2D eigenvalue weighted by Crippen LogP contribution is 2.61. The maximum Gasteiger partial charge on any atom is 0.264 e. The van der Waals surface area contributed by atoms with Gasteiger partial charge in [-0.2, -0.15) is 0 Å². The molecule has 11 heteroatoms. The summed E-state index contributed by atoms with van der Waals surface area (Å²) >= 11 is 0. The molecule has 1 saturated heterocycles. The summed E-state index contributed by atoms with van der Waals surface area (Å²) in [6, 6.07) is 26.3. The van der Waals surface area contributed by atoms with Crippen LogP contribution in [0.4, 0.5) is 17.1 Å². The van der Waals surface area contributed by atoms with E-state index in [4.69, 9.17) is 9.47 Å². The van der Waals surface area contributed by atoms with Gasteiger partial charge in [-0.3, -0.25) is 19.2 Å². The Morgan fingerprint density at radius 2 is 1.75 bits per heavy atom. The highest BCUT2D eigenvalue weighted by atomic mass is 28.3. The van der Waals surface area contributed by atoms with Crippen molar-refractivity contribution >= 4 is 52.9 Å². The number of aliphatic hydroxyl groups excluding tert-OH is 1. The largest absolute Gasteiger partial charge is 0.497 e. The number of hydrogen-bond donors (Lipinski definition) is 1. The normalized spacial score (nSPS) is 21.3. The number of anilines is 3. The number of aryl methyl sites for hydroxylation is 1. The highest BCUT2D eigenvalue weighted by Gasteiger charge is 2.66. The Hall–Kier alpha value is -5.36. The van der Waals surface area contributed by atoms with Gasteiger partial charge in [-0.1, -0.05) is 90.1 Å². The van der Waals surface area contributed by atoms with Gasteiger partial charge in [0.15, 0.2) is 5.60 Å². The van der Waals surface area contributed by atoms with Crippen molar-refractivity contribution in [2.75, 3.05) is 30.1 Å². The number of hydrogen-bond acceptors (Lipinski definition) is 7. The summed E-state index contributed by atoms with van der Waals surface area (Å²) in [5.41, 5.74) is 5.81. The van der Waals surface area contributed by atoms with Gasteiger partial charge < -0.3 is 19.5 Å². The highest BCUT2D eigenvalue weighted by molar-refractivity contribution is 6.91. The molecule has 0 radical (unpaired) electrons. The number of nitrogens with zero attached hydrogens (tertiary/aromatic N) is 5. The van der Waals surface area contributed by atoms with E-state index in [2.05, 4.69) is 81.5 Å². The minimum absolute atomic E-state index is 0.00261. The maximum atomic E-state index is 15.6. The van der Waals surface area contributed by atoms with Gasteiger partial charge in [0, 0.05) is 54.9 Å². The molecule has 3 aliphatic rings. The molecule has 5 aromatic rings. The van der Waals surface area contributed by atoms with Gasteiger partial charge in [0.05, 0.1) is 43.9 Å². The zero-order valence-corrected chi connectivity index (χ0v) is 36.2. The van der Waals surface area contributed by atoms with Gasteiger partial charge in [-0.15, -0.1) is 5.10 Å². The average molecular weight is 810 g/mol. The molecule has 4 heterocycles. The summed E-state index contributed by atoms with van der Waals surface area (Å²) < 4.78 is 14.8. The van der Waals surface area contributed by atoms with Crippen molar-refractivity contribution in [1.82, 2.24) is 15.0 Å². The topological polar surface area (TPSA) is 110 Å². The van der Waals surface area contributed by atoms with Gasteiger partial charge >= 0.3 is 0 Å². The zero-order chi connectivity index (χ0) is 41.6. The number of aliphatic hydroxyl groups is 1. The Balaban J connectivity index is 1.24. The lowest BCUT2D eigenvalue weighted by atomic mass is 9.82. The molecule has 1 fully saturated rings. The van der Waals surface area contributed by atoms with Crippen LogP contribution in [0.15, 0.2) is 108 Å². The number of allylic oxidation sites excluding steroid dienone is 3. The SMILES string of the molecule is COc1ccc([Si](C)(C)[C@@H]2[C@@H](CCn3cc(CCO)nn3)O[C@]3(C(=O)N(C/C=C(\C)CCC=C(C)C)c4ccc(N5C(=O)c6cccc7cccc5c67)cc43)[C@H]2C)cc1. The van der Waals surface area contributed by atoms with Gasteiger partial charge in [0.25, 0.3) is 11.8 Å². The molecule has 3 aliphatic heterocycles. The molecular weight excluding hydrogens is 755 g/mol. The number of aromatic nitrogens is 3. The minimum Gasteiger partial charge on any atom is -0.497 e. The lowest BCUT2D eigenvalue weighted by Crippen LogP contribution is -2.52. The monoisotopic (exact) mass is 809 g/mol. The number of fused-ring (bicyclic) bond motifs is 2. The molecule has 59 heavy (non-hydrogen) atoms. The van der Waals surface area contributed by atoms with Crippen LogP contribution in [-0.2, 0) is 28.1 Å². The van der Waals surface area contributed by atoms with Crippen LogP contribution in [0.3, 0.4) is 0 Å². The van der Waals surface area contributed by atoms with Crippen molar-refractivity contribution in [2.45, 2.75) is 90.3 Å². The van der Waals surface area contributed by atoms with Gasteiger partial charge in [0.1, 0.15) is 5.75 Å². The van der Waals surface area contributed by atoms with Gasteiger partial charge in [-0.25, -0.2) is 0 Å². The van der Waals surface area contributed by atoms with E-state index in [-0.39, 0.29) is 36.0 Å². The maximum absolute atomic E-state index is 15.6. The summed E-state index contributed by atoms with van der Waals surface area (Å²) in [6.45, 7) is 14.3. The van der Waals surface area contributed by atoms with Crippen LogP contribution < -0.4 is 19.7 Å². The molecule has 10 nitrogen and oxygen atoms in total. The Morgan fingerprint density at radius 3 is 2.47 bits per heavy atom. The van der Waals surface area contributed by atoms with Crippen LogP contribution >= 0.6 is 0 Å². The lowest BCUT2D eigenvalue weighted by molar-refractivity contribution is -0.145. The van der Waals surface area contributed by atoms with E-state index in [1.807, 2.05) is 76.4 Å². The summed E-state index contributed by atoms with van der Waals surface area (Å²) in [6.07, 6.45) is 8.91. The van der Waals surface area contributed by atoms with E-state index in [1.54, 1.807) is 12.0 Å². The third-order valence-corrected chi connectivity index (χ3v) is 17.3. The fourth-order valence-electron chi connectivity index (χ4n) is 9.94. The number of ether oxygens (including phenoxy) is 2. The Labute approximate surface area is 348 Å². The summed E-state index contributed by atoms with van der Waals surface area (Å²) in [4.78, 5) is 33.5. The predicted octanol–water partition coefficient (Wildman–Crippen LogP) is 8.61. The summed E-state index contributed by atoms with van der Waals surface area (Å²) in [5, 5.41) is 21.4.